The number of amides is 1. The number of nitrogens with zero attached hydrogens (tertiary/aromatic N) is 2. The van der Waals surface area contributed by atoms with E-state index in [1.165, 1.54) is 0 Å². The molecule has 2 rings (SSSR count). The van der Waals surface area contributed by atoms with E-state index in [9.17, 15) is 4.79 Å². The van der Waals surface area contributed by atoms with Gasteiger partial charge in [-0.15, -0.1) is 12.4 Å². The summed E-state index contributed by atoms with van der Waals surface area (Å²) >= 11 is 0. The van der Waals surface area contributed by atoms with Gasteiger partial charge in [0.2, 0.25) is 0 Å². The minimum absolute atomic E-state index is 0. The summed E-state index contributed by atoms with van der Waals surface area (Å²) in [7, 11) is 1.88. The smallest absolute Gasteiger partial charge is 0.258 e. The molecule has 0 atom stereocenters. The van der Waals surface area contributed by atoms with E-state index in [4.69, 9.17) is 4.52 Å². The van der Waals surface area contributed by atoms with Gasteiger partial charge >= 0.3 is 0 Å². The van der Waals surface area contributed by atoms with Crippen molar-refractivity contribution in [3.8, 4) is 11.5 Å². The Morgan fingerprint density at radius 1 is 1.29 bits per heavy atom. The first kappa shape index (κ1) is 17.1. The third-order valence-electron chi connectivity index (χ3n) is 2.82. The van der Waals surface area contributed by atoms with Gasteiger partial charge in [0.1, 0.15) is 0 Å². The number of benzene rings is 1. The number of halogens is 1. The second-order valence-electron chi connectivity index (χ2n) is 4.41. The monoisotopic (exact) mass is 310 g/mol. The van der Waals surface area contributed by atoms with Gasteiger partial charge in [-0.3, -0.25) is 4.79 Å². The van der Waals surface area contributed by atoms with E-state index < -0.39 is 0 Å². The molecule has 0 spiro atoms. The topological polar surface area (TPSA) is 80.0 Å². The fraction of sp³-hybridized carbons (Fsp3) is 0.357. The zero-order chi connectivity index (χ0) is 14.4. The van der Waals surface area contributed by atoms with Crippen LogP contribution in [0, 0.1) is 6.92 Å². The lowest BCUT2D eigenvalue weighted by Gasteiger charge is -2.07. The van der Waals surface area contributed by atoms with E-state index in [0.717, 1.165) is 13.0 Å². The molecular formula is C14H19ClN4O2. The highest BCUT2D eigenvalue weighted by atomic mass is 35.5. The fourth-order valence-electron chi connectivity index (χ4n) is 1.84. The SMILES string of the molecule is CNCCCNC(=O)c1ccccc1-c1nc(C)no1.Cl. The second-order valence-corrected chi connectivity index (χ2v) is 4.41. The Kier molecular flexibility index (Phi) is 6.84. The van der Waals surface area contributed by atoms with Crippen molar-refractivity contribution in [3.63, 3.8) is 0 Å². The van der Waals surface area contributed by atoms with Crippen molar-refractivity contribution < 1.29 is 9.32 Å². The van der Waals surface area contributed by atoms with Gasteiger partial charge in [-0.25, -0.2) is 0 Å². The van der Waals surface area contributed by atoms with Crippen LogP contribution in [0.5, 0.6) is 0 Å². The molecule has 0 fully saturated rings. The Hall–Kier alpha value is -1.92. The van der Waals surface area contributed by atoms with Gasteiger partial charge in [0, 0.05) is 6.54 Å². The van der Waals surface area contributed by atoms with E-state index in [1.807, 2.05) is 19.2 Å². The van der Waals surface area contributed by atoms with Gasteiger partial charge in [-0.05, 0) is 39.1 Å². The van der Waals surface area contributed by atoms with E-state index in [0.29, 0.717) is 29.4 Å². The van der Waals surface area contributed by atoms with Crippen LogP contribution in [0.25, 0.3) is 11.5 Å². The Labute approximate surface area is 129 Å². The van der Waals surface area contributed by atoms with E-state index in [1.54, 1.807) is 19.1 Å². The van der Waals surface area contributed by atoms with Crippen LogP contribution in [0.1, 0.15) is 22.6 Å². The molecule has 114 valence electrons. The first-order chi connectivity index (χ1) is 9.72. The lowest BCUT2D eigenvalue weighted by Crippen LogP contribution is -2.27. The first-order valence-electron chi connectivity index (χ1n) is 6.55. The van der Waals surface area contributed by atoms with Crippen LogP contribution in [-0.4, -0.2) is 36.2 Å². The molecule has 0 aliphatic heterocycles. The molecule has 1 amide bonds. The Balaban J connectivity index is 0.00000220. The molecule has 0 saturated carbocycles. The van der Waals surface area contributed by atoms with Crippen molar-refractivity contribution >= 4 is 18.3 Å². The van der Waals surface area contributed by atoms with Gasteiger partial charge in [0.25, 0.3) is 11.8 Å². The normalized spacial score (nSPS) is 10.0. The van der Waals surface area contributed by atoms with Crippen LogP contribution in [-0.2, 0) is 0 Å². The molecule has 21 heavy (non-hydrogen) atoms. The van der Waals surface area contributed by atoms with Crippen molar-refractivity contribution in [2.45, 2.75) is 13.3 Å². The molecule has 1 aromatic heterocycles. The lowest BCUT2D eigenvalue weighted by atomic mass is 10.1. The van der Waals surface area contributed by atoms with E-state index in [2.05, 4.69) is 20.8 Å². The molecule has 0 aliphatic carbocycles. The number of aromatic nitrogens is 2. The number of carbonyl (C=O) groups is 1. The molecule has 0 aliphatic rings. The highest BCUT2D eigenvalue weighted by Gasteiger charge is 2.16. The van der Waals surface area contributed by atoms with Gasteiger partial charge in [0.15, 0.2) is 5.82 Å². The highest BCUT2D eigenvalue weighted by molar-refractivity contribution is 5.99. The van der Waals surface area contributed by atoms with Crippen LogP contribution in [0.15, 0.2) is 28.8 Å². The van der Waals surface area contributed by atoms with Crippen molar-refractivity contribution in [1.82, 2.24) is 20.8 Å². The number of hydrogen-bond acceptors (Lipinski definition) is 5. The Morgan fingerprint density at radius 3 is 2.71 bits per heavy atom. The predicted octanol–water partition coefficient (Wildman–Crippen LogP) is 1.81. The molecule has 7 heteroatoms. The van der Waals surface area contributed by atoms with Gasteiger partial charge in [0.05, 0.1) is 11.1 Å². The maximum atomic E-state index is 12.2. The van der Waals surface area contributed by atoms with Crippen LogP contribution in [0.2, 0.25) is 0 Å². The summed E-state index contributed by atoms with van der Waals surface area (Å²) in [5, 5.41) is 9.67. The van der Waals surface area contributed by atoms with Crippen molar-refractivity contribution in [2.75, 3.05) is 20.1 Å². The summed E-state index contributed by atoms with van der Waals surface area (Å²) < 4.78 is 5.13. The predicted molar refractivity (Wildman–Crippen MR) is 82.6 cm³/mol. The second kappa shape index (κ2) is 8.39. The number of carbonyl (C=O) groups excluding carboxylic acids is 1. The minimum Gasteiger partial charge on any atom is -0.352 e. The summed E-state index contributed by atoms with van der Waals surface area (Å²) in [6.45, 7) is 3.23. The fourth-order valence-corrected chi connectivity index (χ4v) is 1.84. The van der Waals surface area contributed by atoms with Crippen LogP contribution in [0.4, 0.5) is 0 Å². The largest absolute Gasteiger partial charge is 0.352 e. The van der Waals surface area contributed by atoms with Crippen LogP contribution in [0.3, 0.4) is 0 Å². The van der Waals surface area contributed by atoms with E-state index in [-0.39, 0.29) is 18.3 Å². The molecule has 6 nitrogen and oxygen atoms in total. The van der Waals surface area contributed by atoms with Gasteiger partial charge < -0.3 is 15.2 Å². The van der Waals surface area contributed by atoms with Gasteiger partial charge in [-0.1, -0.05) is 17.3 Å². The number of aryl methyl sites for hydroxylation is 1. The molecule has 0 radical (unpaired) electrons. The first-order valence-corrected chi connectivity index (χ1v) is 6.55. The summed E-state index contributed by atoms with van der Waals surface area (Å²) in [5.41, 5.74) is 1.19. The van der Waals surface area contributed by atoms with Crippen LogP contribution < -0.4 is 10.6 Å². The minimum atomic E-state index is -0.132. The summed E-state index contributed by atoms with van der Waals surface area (Å²) in [6.07, 6.45) is 0.879. The third-order valence-corrected chi connectivity index (χ3v) is 2.82. The van der Waals surface area contributed by atoms with Crippen LogP contribution >= 0.6 is 12.4 Å². The van der Waals surface area contributed by atoms with Gasteiger partial charge in [-0.2, -0.15) is 4.98 Å². The maximum Gasteiger partial charge on any atom is 0.258 e. The highest BCUT2D eigenvalue weighted by Crippen LogP contribution is 2.21. The Morgan fingerprint density at radius 2 is 2.05 bits per heavy atom. The summed E-state index contributed by atoms with van der Waals surface area (Å²) in [5.74, 6) is 0.778. The Bertz CT molecular complexity index is 586. The molecule has 1 aromatic carbocycles. The molecular weight excluding hydrogens is 292 g/mol. The van der Waals surface area contributed by atoms with Crippen molar-refractivity contribution in [2.24, 2.45) is 0 Å². The molecule has 2 N–H and O–H groups in total. The maximum absolute atomic E-state index is 12.2. The average molecular weight is 311 g/mol. The number of rotatable bonds is 6. The zero-order valence-electron chi connectivity index (χ0n) is 12.0. The number of hydrogen-bond donors (Lipinski definition) is 2. The third kappa shape index (κ3) is 4.54. The molecule has 0 saturated heterocycles. The lowest BCUT2D eigenvalue weighted by molar-refractivity contribution is 0.0953. The molecule has 0 unspecified atom stereocenters. The zero-order valence-corrected chi connectivity index (χ0v) is 12.9. The van der Waals surface area contributed by atoms with Crippen molar-refractivity contribution in [1.29, 1.82) is 0 Å². The molecule has 1 heterocycles. The number of nitrogens with one attached hydrogen (secondary N) is 2. The average Bonchev–Trinajstić information content (AvgIpc) is 2.90. The van der Waals surface area contributed by atoms with E-state index >= 15 is 0 Å². The van der Waals surface area contributed by atoms with Crippen molar-refractivity contribution in [3.05, 3.63) is 35.7 Å². The summed E-state index contributed by atoms with van der Waals surface area (Å²) in [4.78, 5) is 16.4. The standard InChI is InChI=1S/C14H18N4O2.ClH/c1-10-17-14(20-18-10)12-7-4-3-6-11(12)13(19)16-9-5-8-15-2;/h3-4,6-7,15H,5,8-9H2,1-2H3,(H,16,19);1H. The molecule has 0 bridgehead atoms. The summed E-state index contributed by atoms with van der Waals surface area (Å²) in [6, 6.07) is 7.21. The molecule has 2 aromatic rings. The quantitative estimate of drug-likeness (QED) is 0.795.